The molecule has 0 amide bonds. The normalized spacial score (nSPS) is 15.7. The Balaban J connectivity index is 4.20. The molecule has 2 heteroatoms. The third-order valence-corrected chi connectivity index (χ3v) is 2.76. The molecule has 1 nitrogen and oxygen atoms in total. The quantitative estimate of drug-likeness (QED) is 0.478. The molecule has 0 aromatic carbocycles. The summed E-state index contributed by atoms with van der Waals surface area (Å²) in [5, 5.41) is 0. The van der Waals surface area contributed by atoms with Crippen molar-refractivity contribution in [3.8, 4) is 0 Å². The van der Waals surface area contributed by atoms with Gasteiger partial charge in [0.2, 0.25) is 8.32 Å². The summed E-state index contributed by atoms with van der Waals surface area (Å²) in [5.41, 5.74) is 0. The maximum absolute atomic E-state index is 6.00. The van der Waals surface area contributed by atoms with Gasteiger partial charge in [-0.05, 0) is 33.0 Å². The van der Waals surface area contributed by atoms with E-state index in [0.717, 1.165) is 0 Å². The van der Waals surface area contributed by atoms with Gasteiger partial charge in [0.25, 0.3) is 0 Å². The Morgan fingerprint density at radius 3 is 2.23 bits per heavy atom. The zero-order valence-electron chi connectivity index (χ0n) is 9.98. The van der Waals surface area contributed by atoms with E-state index < -0.39 is 8.32 Å². The molecule has 0 aromatic rings. The van der Waals surface area contributed by atoms with Crippen LogP contribution in [0.4, 0.5) is 0 Å². The van der Waals surface area contributed by atoms with Crippen LogP contribution in [0.15, 0.2) is 11.8 Å². The molecule has 0 rings (SSSR count). The first kappa shape index (κ1) is 12.8. The predicted molar refractivity (Wildman–Crippen MR) is 62.3 cm³/mol. The van der Waals surface area contributed by atoms with Gasteiger partial charge in [0.1, 0.15) is 0 Å². The maximum atomic E-state index is 6.00. The first-order valence-corrected chi connectivity index (χ1v) is 8.66. The van der Waals surface area contributed by atoms with Gasteiger partial charge in [-0.25, -0.2) is 0 Å². The van der Waals surface area contributed by atoms with E-state index in [9.17, 15) is 0 Å². The van der Waals surface area contributed by atoms with Crippen molar-refractivity contribution in [3.05, 3.63) is 11.8 Å². The second-order valence-electron chi connectivity index (χ2n) is 4.60. The molecule has 0 aliphatic heterocycles. The van der Waals surface area contributed by atoms with Crippen LogP contribution in [0.3, 0.4) is 0 Å². The summed E-state index contributed by atoms with van der Waals surface area (Å²) in [7, 11) is -1.40. The first-order chi connectivity index (χ1) is 5.90. The highest BCUT2D eigenvalue weighted by Crippen LogP contribution is 2.21. The third-order valence-electron chi connectivity index (χ3n) is 1.92. The van der Waals surface area contributed by atoms with Gasteiger partial charge >= 0.3 is 0 Å². The van der Waals surface area contributed by atoms with Crippen LogP contribution in [-0.2, 0) is 4.43 Å². The molecule has 0 radical (unpaired) electrons. The van der Waals surface area contributed by atoms with Gasteiger partial charge in [-0.15, -0.1) is 0 Å². The van der Waals surface area contributed by atoms with Crippen molar-refractivity contribution >= 4 is 8.32 Å². The lowest BCUT2D eigenvalue weighted by Crippen LogP contribution is -2.26. The monoisotopic (exact) mass is 200 g/mol. The van der Waals surface area contributed by atoms with Crippen molar-refractivity contribution in [2.24, 2.45) is 5.92 Å². The Bertz CT molecular complexity index is 167. The average Bonchev–Trinajstić information content (AvgIpc) is 1.99. The summed E-state index contributed by atoms with van der Waals surface area (Å²) in [6.07, 6.45) is 4.58. The average molecular weight is 200 g/mol. The molecule has 1 atom stereocenters. The fraction of sp³-hybridized carbons (Fsp3) is 0.818. The minimum Gasteiger partial charge on any atom is -0.547 e. The summed E-state index contributed by atoms with van der Waals surface area (Å²) in [6.45, 7) is 13.2. The van der Waals surface area contributed by atoms with Crippen molar-refractivity contribution < 1.29 is 4.43 Å². The van der Waals surface area contributed by atoms with Crippen LogP contribution in [0.5, 0.6) is 0 Å². The van der Waals surface area contributed by atoms with Crippen LogP contribution < -0.4 is 0 Å². The molecule has 0 aromatic heterocycles. The maximum Gasteiger partial charge on any atom is 0.241 e. The highest BCUT2D eigenvalue weighted by molar-refractivity contribution is 6.70. The minimum absolute atomic E-state index is 0.585. The van der Waals surface area contributed by atoms with Crippen molar-refractivity contribution in [1.29, 1.82) is 0 Å². The fourth-order valence-electron chi connectivity index (χ4n) is 1.37. The lowest BCUT2D eigenvalue weighted by Gasteiger charge is -2.25. The second kappa shape index (κ2) is 5.48. The highest BCUT2D eigenvalue weighted by Gasteiger charge is 2.19. The number of hydrogen-bond acceptors (Lipinski definition) is 1. The first-order valence-electron chi connectivity index (χ1n) is 5.26. The largest absolute Gasteiger partial charge is 0.547 e. The van der Waals surface area contributed by atoms with Crippen molar-refractivity contribution in [1.82, 2.24) is 0 Å². The second-order valence-corrected chi connectivity index (χ2v) is 9.02. The summed E-state index contributed by atoms with van der Waals surface area (Å²) in [5.74, 6) is 1.78. The zero-order chi connectivity index (χ0) is 10.5. The number of hydrogen-bond donors (Lipinski definition) is 0. The molecule has 0 spiro atoms. The van der Waals surface area contributed by atoms with E-state index in [-0.39, 0.29) is 0 Å². The molecule has 0 saturated heterocycles. The van der Waals surface area contributed by atoms with Gasteiger partial charge in [-0.3, -0.25) is 0 Å². The Kier molecular flexibility index (Phi) is 5.38. The molecule has 0 N–H and O–H groups in total. The van der Waals surface area contributed by atoms with Gasteiger partial charge in [-0.1, -0.05) is 26.3 Å². The van der Waals surface area contributed by atoms with Crippen molar-refractivity contribution in [3.63, 3.8) is 0 Å². The van der Waals surface area contributed by atoms with Crippen LogP contribution in [0, 0.1) is 5.92 Å². The van der Waals surface area contributed by atoms with Crippen LogP contribution >= 0.6 is 0 Å². The molecule has 0 unspecified atom stereocenters. The van der Waals surface area contributed by atoms with Crippen molar-refractivity contribution in [2.75, 3.05) is 0 Å². The molecule has 13 heavy (non-hydrogen) atoms. The molecule has 0 fully saturated rings. The topological polar surface area (TPSA) is 9.23 Å². The minimum atomic E-state index is -1.40. The summed E-state index contributed by atoms with van der Waals surface area (Å²) in [6, 6.07) is 0. The fourth-order valence-corrected chi connectivity index (χ4v) is 2.40. The number of rotatable bonds is 5. The smallest absolute Gasteiger partial charge is 0.241 e. The Labute approximate surface area is 84.3 Å². The van der Waals surface area contributed by atoms with Gasteiger partial charge in [-0.2, -0.15) is 0 Å². The predicted octanol–water partition coefficient (Wildman–Crippen LogP) is 4.18. The lowest BCUT2D eigenvalue weighted by molar-refractivity contribution is 0.341. The molecule has 0 heterocycles. The molecular weight excluding hydrogens is 176 g/mol. The van der Waals surface area contributed by atoms with E-state index in [1.54, 1.807) is 0 Å². The van der Waals surface area contributed by atoms with E-state index in [4.69, 9.17) is 4.43 Å². The van der Waals surface area contributed by atoms with Crippen LogP contribution in [0.2, 0.25) is 19.6 Å². The third kappa shape index (κ3) is 5.91. The van der Waals surface area contributed by atoms with Crippen LogP contribution in [0.25, 0.3) is 0 Å². The Hall–Kier alpha value is -0.243. The SMILES string of the molecule is CC=C(O[Si](C)(C)C)[C@H](C)CCC. The van der Waals surface area contributed by atoms with Gasteiger partial charge < -0.3 is 4.43 Å². The molecule has 0 aliphatic carbocycles. The summed E-state index contributed by atoms with van der Waals surface area (Å²) < 4.78 is 6.00. The van der Waals surface area contributed by atoms with E-state index in [0.29, 0.717) is 5.92 Å². The summed E-state index contributed by atoms with van der Waals surface area (Å²) >= 11 is 0. The van der Waals surface area contributed by atoms with Gasteiger partial charge in [0.15, 0.2) is 0 Å². The summed E-state index contributed by atoms with van der Waals surface area (Å²) in [4.78, 5) is 0. The number of allylic oxidation sites excluding steroid dienone is 2. The van der Waals surface area contributed by atoms with Gasteiger partial charge in [0, 0.05) is 5.92 Å². The highest BCUT2D eigenvalue weighted by atomic mass is 28.4. The molecule has 0 bridgehead atoms. The van der Waals surface area contributed by atoms with E-state index in [1.165, 1.54) is 18.6 Å². The molecule has 0 aliphatic rings. The van der Waals surface area contributed by atoms with E-state index in [2.05, 4.69) is 46.5 Å². The van der Waals surface area contributed by atoms with E-state index in [1.807, 2.05) is 0 Å². The van der Waals surface area contributed by atoms with E-state index >= 15 is 0 Å². The lowest BCUT2D eigenvalue weighted by atomic mass is 10.0. The molecule has 0 saturated carbocycles. The standard InChI is InChI=1S/C11H24OSi/c1-7-9-10(3)11(8-2)12-13(4,5)6/h8,10H,7,9H2,1-6H3/t10-/m1/s1. The van der Waals surface area contributed by atoms with Crippen LogP contribution in [-0.4, -0.2) is 8.32 Å². The van der Waals surface area contributed by atoms with Crippen LogP contribution in [0.1, 0.15) is 33.6 Å². The zero-order valence-corrected chi connectivity index (χ0v) is 11.0. The van der Waals surface area contributed by atoms with Gasteiger partial charge in [0.05, 0.1) is 5.76 Å². The molecular formula is C11H24OSi. The van der Waals surface area contributed by atoms with Crippen molar-refractivity contribution in [2.45, 2.75) is 53.3 Å². The molecule has 78 valence electrons. The Morgan fingerprint density at radius 2 is 1.92 bits per heavy atom. The Morgan fingerprint density at radius 1 is 1.38 bits per heavy atom.